The van der Waals surface area contributed by atoms with E-state index in [-0.39, 0.29) is 16.9 Å². The monoisotopic (exact) mass is 276 g/mol. The zero-order chi connectivity index (χ0) is 13.8. The van der Waals surface area contributed by atoms with Crippen molar-refractivity contribution in [2.24, 2.45) is 0 Å². The molecule has 0 aliphatic carbocycles. The molecule has 1 aromatic carbocycles. The lowest BCUT2D eigenvalue weighted by molar-refractivity contribution is 0.623. The minimum atomic E-state index is -0.549. The maximum absolute atomic E-state index is 13.1. The Labute approximate surface area is 112 Å². The number of hydrogen-bond acceptors (Lipinski definition) is 5. The lowest BCUT2D eigenvalue weighted by Crippen LogP contribution is -2.09. The second-order valence-corrected chi connectivity index (χ2v) is 4.65. The number of anilines is 1. The fourth-order valence-electron chi connectivity index (χ4n) is 1.42. The number of H-pyrrole nitrogens is 1. The van der Waals surface area contributed by atoms with E-state index in [0.29, 0.717) is 10.9 Å². The van der Waals surface area contributed by atoms with Gasteiger partial charge in [0.2, 0.25) is 0 Å². The second-order valence-electron chi connectivity index (χ2n) is 3.69. The van der Waals surface area contributed by atoms with E-state index in [1.165, 1.54) is 30.0 Å². The van der Waals surface area contributed by atoms with Crippen LogP contribution < -0.4 is 11.3 Å². The van der Waals surface area contributed by atoms with Gasteiger partial charge in [-0.15, -0.1) is 0 Å². The van der Waals surface area contributed by atoms with E-state index in [9.17, 15) is 9.18 Å². The fourth-order valence-corrected chi connectivity index (χ4v) is 2.25. The van der Waals surface area contributed by atoms with Crippen LogP contribution in [0.3, 0.4) is 0 Å². The minimum Gasteiger partial charge on any atom is -0.383 e. The summed E-state index contributed by atoms with van der Waals surface area (Å²) in [6, 6.07) is 7.25. The SMILES string of the molecule is N#Cc1cc(CSc2nc(N)cc(=O)[nH]2)ccc1F. The van der Waals surface area contributed by atoms with Crippen molar-refractivity contribution in [3.8, 4) is 6.07 Å². The van der Waals surface area contributed by atoms with E-state index < -0.39 is 5.82 Å². The van der Waals surface area contributed by atoms with Crippen LogP contribution in [0.1, 0.15) is 11.1 Å². The Balaban J connectivity index is 2.15. The molecule has 0 aliphatic heterocycles. The number of aromatic amines is 1. The Bertz CT molecular complexity index is 708. The number of benzene rings is 1. The molecule has 0 bridgehead atoms. The molecule has 5 nitrogen and oxygen atoms in total. The van der Waals surface area contributed by atoms with Crippen LogP contribution in [-0.4, -0.2) is 9.97 Å². The van der Waals surface area contributed by atoms with Crippen molar-refractivity contribution in [2.75, 3.05) is 5.73 Å². The standard InChI is InChI=1S/C12H9FN4OS/c13-9-2-1-7(3-8(9)5-14)6-19-12-16-10(15)4-11(18)17-12/h1-4H,6H2,(H3,15,16,17,18). The van der Waals surface area contributed by atoms with Crippen LogP contribution in [-0.2, 0) is 5.75 Å². The molecule has 0 saturated carbocycles. The molecule has 1 heterocycles. The maximum Gasteiger partial charge on any atom is 0.253 e. The lowest BCUT2D eigenvalue weighted by atomic mass is 10.1. The molecule has 0 amide bonds. The maximum atomic E-state index is 13.1. The predicted octanol–water partition coefficient (Wildman–Crippen LogP) is 1.66. The molecule has 3 N–H and O–H groups in total. The largest absolute Gasteiger partial charge is 0.383 e. The van der Waals surface area contributed by atoms with Crippen molar-refractivity contribution in [3.05, 3.63) is 51.6 Å². The van der Waals surface area contributed by atoms with Crippen molar-refractivity contribution in [1.82, 2.24) is 9.97 Å². The van der Waals surface area contributed by atoms with Gasteiger partial charge in [-0.2, -0.15) is 5.26 Å². The number of thioether (sulfide) groups is 1. The van der Waals surface area contributed by atoms with E-state index in [4.69, 9.17) is 11.0 Å². The summed E-state index contributed by atoms with van der Waals surface area (Å²) in [5.74, 6) is 0.0382. The van der Waals surface area contributed by atoms with Crippen LogP contribution in [0, 0.1) is 17.1 Å². The number of nitrogens with two attached hydrogens (primary N) is 1. The van der Waals surface area contributed by atoms with Gasteiger partial charge in [0.05, 0.1) is 5.56 Å². The third kappa shape index (κ3) is 3.33. The first-order valence-electron chi connectivity index (χ1n) is 5.26. The molecule has 0 spiro atoms. The van der Waals surface area contributed by atoms with Gasteiger partial charge in [-0.25, -0.2) is 9.37 Å². The van der Waals surface area contributed by atoms with E-state index >= 15 is 0 Å². The van der Waals surface area contributed by atoms with Crippen LogP contribution in [0.15, 0.2) is 34.2 Å². The highest BCUT2D eigenvalue weighted by atomic mass is 32.2. The van der Waals surface area contributed by atoms with Gasteiger partial charge in [0.25, 0.3) is 5.56 Å². The highest BCUT2D eigenvalue weighted by Crippen LogP contribution is 2.20. The van der Waals surface area contributed by atoms with Gasteiger partial charge < -0.3 is 10.7 Å². The number of nitrogens with zero attached hydrogens (tertiary/aromatic N) is 2. The lowest BCUT2D eigenvalue weighted by Gasteiger charge is -2.03. The van der Waals surface area contributed by atoms with Crippen LogP contribution in [0.25, 0.3) is 0 Å². The van der Waals surface area contributed by atoms with Gasteiger partial charge in [0, 0.05) is 11.8 Å². The number of nitrogens with one attached hydrogen (secondary N) is 1. The Hall–Kier alpha value is -2.33. The Morgan fingerprint density at radius 1 is 1.47 bits per heavy atom. The molecule has 0 aliphatic rings. The normalized spacial score (nSPS) is 10.1. The predicted molar refractivity (Wildman–Crippen MR) is 69.9 cm³/mol. The first-order valence-corrected chi connectivity index (χ1v) is 6.25. The number of hydrogen-bond donors (Lipinski definition) is 2. The summed E-state index contributed by atoms with van der Waals surface area (Å²) in [6.45, 7) is 0. The summed E-state index contributed by atoms with van der Waals surface area (Å²) < 4.78 is 13.1. The number of nitrogen functional groups attached to an aromatic ring is 1. The molecule has 2 aromatic rings. The van der Waals surface area contributed by atoms with Crippen LogP contribution in [0.4, 0.5) is 10.2 Å². The first kappa shape index (κ1) is 13.1. The molecular formula is C12H9FN4OS. The summed E-state index contributed by atoms with van der Waals surface area (Å²) >= 11 is 1.25. The van der Waals surface area contributed by atoms with Gasteiger partial charge in [0.15, 0.2) is 5.16 Å². The van der Waals surface area contributed by atoms with Gasteiger partial charge >= 0.3 is 0 Å². The Morgan fingerprint density at radius 3 is 2.95 bits per heavy atom. The van der Waals surface area contributed by atoms with E-state index in [0.717, 1.165) is 5.56 Å². The molecule has 19 heavy (non-hydrogen) atoms. The Morgan fingerprint density at radius 2 is 2.26 bits per heavy atom. The van der Waals surface area contributed by atoms with Crippen LogP contribution >= 0.6 is 11.8 Å². The molecule has 96 valence electrons. The molecular weight excluding hydrogens is 267 g/mol. The highest BCUT2D eigenvalue weighted by Gasteiger charge is 2.05. The Kier molecular flexibility index (Phi) is 3.82. The summed E-state index contributed by atoms with van der Waals surface area (Å²) in [5, 5.41) is 9.11. The van der Waals surface area contributed by atoms with Crippen molar-refractivity contribution in [2.45, 2.75) is 10.9 Å². The number of nitriles is 1. The molecule has 1 aromatic heterocycles. The third-order valence-corrected chi connectivity index (χ3v) is 3.21. The minimum absolute atomic E-state index is 0.00729. The van der Waals surface area contributed by atoms with E-state index in [2.05, 4.69) is 9.97 Å². The molecule has 0 fully saturated rings. The van der Waals surface area contributed by atoms with E-state index in [1.54, 1.807) is 12.1 Å². The average molecular weight is 276 g/mol. The average Bonchev–Trinajstić information content (AvgIpc) is 2.36. The zero-order valence-electron chi connectivity index (χ0n) is 9.68. The van der Waals surface area contributed by atoms with Gasteiger partial charge in [-0.1, -0.05) is 17.8 Å². The van der Waals surface area contributed by atoms with Crippen molar-refractivity contribution in [3.63, 3.8) is 0 Å². The van der Waals surface area contributed by atoms with Gasteiger partial charge in [-0.05, 0) is 17.7 Å². The molecule has 2 rings (SSSR count). The van der Waals surface area contributed by atoms with Crippen molar-refractivity contribution < 1.29 is 4.39 Å². The van der Waals surface area contributed by atoms with Crippen molar-refractivity contribution >= 4 is 17.6 Å². The van der Waals surface area contributed by atoms with Gasteiger partial charge in [-0.3, -0.25) is 4.79 Å². The highest BCUT2D eigenvalue weighted by molar-refractivity contribution is 7.98. The molecule has 7 heteroatoms. The fraction of sp³-hybridized carbons (Fsp3) is 0.0833. The zero-order valence-corrected chi connectivity index (χ0v) is 10.5. The molecule has 0 saturated heterocycles. The molecule has 0 radical (unpaired) electrons. The molecule has 0 atom stereocenters. The van der Waals surface area contributed by atoms with Crippen molar-refractivity contribution in [1.29, 1.82) is 5.26 Å². The van der Waals surface area contributed by atoms with Crippen LogP contribution in [0.2, 0.25) is 0 Å². The van der Waals surface area contributed by atoms with E-state index in [1.807, 2.05) is 0 Å². The quantitative estimate of drug-likeness (QED) is 0.656. The number of aromatic nitrogens is 2. The summed E-state index contributed by atoms with van der Waals surface area (Å²) in [5.41, 5.74) is 5.88. The number of halogens is 1. The third-order valence-electron chi connectivity index (χ3n) is 2.27. The number of rotatable bonds is 3. The summed E-state index contributed by atoms with van der Waals surface area (Å²) in [6.07, 6.45) is 0. The first-order chi connectivity index (χ1) is 9.08. The molecule has 0 unspecified atom stereocenters. The summed E-state index contributed by atoms with van der Waals surface area (Å²) in [4.78, 5) is 17.7. The second kappa shape index (κ2) is 5.54. The van der Waals surface area contributed by atoms with Gasteiger partial charge in [0.1, 0.15) is 17.7 Å². The topological polar surface area (TPSA) is 95.6 Å². The smallest absolute Gasteiger partial charge is 0.253 e. The van der Waals surface area contributed by atoms with Crippen LogP contribution in [0.5, 0.6) is 0 Å². The summed E-state index contributed by atoms with van der Waals surface area (Å²) in [7, 11) is 0.